The summed E-state index contributed by atoms with van der Waals surface area (Å²) in [6.07, 6.45) is 0. The van der Waals surface area contributed by atoms with Crippen molar-refractivity contribution in [3.05, 3.63) is 93.3 Å². The lowest BCUT2D eigenvalue weighted by Gasteiger charge is -2.31. The van der Waals surface area contributed by atoms with Gasteiger partial charge in [0.2, 0.25) is 0 Å². The maximum Gasteiger partial charge on any atom is 0.295 e. The highest BCUT2D eigenvalue weighted by Gasteiger charge is 2.24. The number of benzene rings is 3. The van der Waals surface area contributed by atoms with Gasteiger partial charge in [-0.3, -0.25) is 14.9 Å². The van der Waals surface area contributed by atoms with E-state index in [1.807, 2.05) is 42.5 Å². The van der Waals surface area contributed by atoms with Crippen molar-refractivity contribution in [3.8, 4) is 16.9 Å². The van der Waals surface area contributed by atoms with Crippen LogP contribution in [0.2, 0.25) is 0 Å². The van der Waals surface area contributed by atoms with E-state index in [4.69, 9.17) is 0 Å². The molecule has 0 atom stereocenters. The van der Waals surface area contributed by atoms with Gasteiger partial charge in [-0.25, -0.2) is 0 Å². The molecule has 1 N–H and O–H groups in total. The van der Waals surface area contributed by atoms with Gasteiger partial charge in [0, 0.05) is 22.7 Å². The Bertz CT molecular complexity index is 1390. The number of anilines is 1. The Kier molecular flexibility index (Phi) is 5.35. The largest absolute Gasteiger partial charge is 0.360 e. The molecule has 1 aromatic heterocycles. The minimum atomic E-state index is -0.460. The maximum atomic E-state index is 13.5. The molecule has 1 saturated heterocycles. The van der Waals surface area contributed by atoms with Crippen LogP contribution in [0.15, 0.2) is 77.6 Å². The van der Waals surface area contributed by atoms with Gasteiger partial charge in [-0.1, -0.05) is 48.5 Å². The summed E-state index contributed by atoms with van der Waals surface area (Å²) in [4.78, 5) is 28.6. The van der Waals surface area contributed by atoms with E-state index < -0.39 is 4.92 Å². The molecule has 1 aliphatic heterocycles. The van der Waals surface area contributed by atoms with Crippen molar-refractivity contribution >= 4 is 22.1 Å². The van der Waals surface area contributed by atoms with Gasteiger partial charge in [-0.15, -0.1) is 0 Å². The Morgan fingerprint density at radius 2 is 1.61 bits per heavy atom. The van der Waals surface area contributed by atoms with Crippen molar-refractivity contribution < 1.29 is 9.82 Å². The fraction of sp³-hybridized carbons (Fsp3) is 0.200. The van der Waals surface area contributed by atoms with Crippen LogP contribution < -0.4 is 15.4 Å². The van der Waals surface area contributed by atoms with Gasteiger partial charge in [-0.2, -0.15) is 9.78 Å². The molecule has 0 spiro atoms. The van der Waals surface area contributed by atoms with Crippen molar-refractivity contribution in [1.29, 1.82) is 0 Å². The fourth-order valence-electron chi connectivity index (χ4n) is 4.34. The summed E-state index contributed by atoms with van der Waals surface area (Å²) in [6.45, 7) is 3.66. The van der Waals surface area contributed by atoms with Gasteiger partial charge in [0.25, 0.3) is 11.2 Å². The zero-order valence-electron chi connectivity index (χ0n) is 18.3. The van der Waals surface area contributed by atoms with Crippen molar-refractivity contribution in [3.63, 3.8) is 0 Å². The normalized spacial score (nSPS) is 14.5. The smallest absolute Gasteiger partial charge is 0.295 e. The second kappa shape index (κ2) is 8.48. The molecule has 8 nitrogen and oxygen atoms in total. The SMILES string of the molecule is C[NH+]1CCN(c2ccc([N+](=O)[O-])c(-n3nc(-c4ccccc4)c4ccccc4c3=O)c2)CC1. The quantitative estimate of drug-likeness (QED) is 0.387. The van der Waals surface area contributed by atoms with Crippen LogP contribution in [-0.2, 0) is 0 Å². The Morgan fingerprint density at radius 3 is 2.30 bits per heavy atom. The van der Waals surface area contributed by atoms with Crippen LogP contribution in [0.3, 0.4) is 0 Å². The number of aromatic nitrogens is 2. The number of hydrogen-bond acceptors (Lipinski definition) is 5. The minimum absolute atomic E-state index is 0.151. The first-order chi connectivity index (χ1) is 16.0. The molecule has 166 valence electrons. The summed E-state index contributed by atoms with van der Waals surface area (Å²) in [6, 6.07) is 21.7. The second-order valence-electron chi connectivity index (χ2n) is 8.35. The van der Waals surface area contributed by atoms with E-state index in [1.165, 1.54) is 15.6 Å². The van der Waals surface area contributed by atoms with Gasteiger partial charge in [0.15, 0.2) is 0 Å². The lowest BCUT2D eigenvalue weighted by Crippen LogP contribution is -3.12. The summed E-state index contributed by atoms with van der Waals surface area (Å²) in [5.41, 5.74) is 1.94. The number of piperazine rings is 1. The third-order valence-electron chi connectivity index (χ3n) is 6.22. The number of rotatable bonds is 4. The molecule has 0 amide bonds. The van der Waals surface area contributed by atoms with Crippen molar-refractivity contribution in [2.75, 3.05) is 38.1 Å². The Balaban J connectivity index is 1.75. The Morgan fingerprint density at radius 1 is 0.939 bits per heavy atom. The summed E-state index contributed by atoms with van der Waals surface area (Å²) in [5, 5.41) is 17.7. The molecule has 0 radical (unpaired) electrons. The van der Waals surface area contributed by atoms with Gasteiger partial charge in [0.05, 0.1) is 49.2 Å². The van der Waals surface area contributed by atoms with Crippen LogP contribution in [0.1, 0.15) is 0 Å². The monoisotopic (exact) mass is 442 g/mol. The molecule has 3 aromatic carbocycles. The van der Waals surface area contributed by atoms with Crippen LogP contribution in [0.4, 0.5) is 11.4 Å². The number of fused-ring (bicyclic) bond motifs is 1. The molecule has 0 aliphatic carbocycles. The van der Waals surface area contributed by atoms with Gasteiger partial charge < -0.3 is 9.80 Å². The van der Waals surface area contributed by atoms with Gasteiger partial charge in [-0.05, 0) is 18.2 Å². The third-order valence-corrected chi connectivity index (χ3v) is 6.22. The first kappa shape index (κ1) is 20.8. The molecule has 5 rings (SSSR count). The molecule has 8 heteroatoms. The zero-order valence-corrected chi connectivity index (χ0v) is 18.3. The Labute approximate surface area is 190 Å². The van der Waals surface area contributed by atoms with Gasteiger partial charge in [0.1, 0.15) is 5.69 Å². The lowest BCUT2D eigenvalue weighted by molar-refractivity contribution is -0.880. The minimum Gasteiger partial charge on any atom is -0.360 e. The van der Waals surface area contributed by atoms with E-state index in [9.17, 15) is 14.9 Å². The third kappa shape index (κ3) is 3.85. The number of hydrogen-bond donors (Lipinski definition) is 1. The van der Waals surface area contributed by atoms with Crippen LogP contribution in [0.5, 0.6) is 0 Å². The molecule has 0 bridgehead atoms. The average molecular weight is 442 g/mol. The molecule has 0 unspecified atom stereocenters. The Hall–Kier alpha value is -4.04. The summed E-state index contributed by atoms with van der Waals surface area (Å²) >= 11 is 0. The molecule has 2 heterocycles. The molecule has 4 aromatic rings. The molecule has 1 aliphatic rings. The van der Waals surface area contributed by atoms with Gasteiger partial charge >= 0.3 is 0 Å². The highest BCUT2D eigenvalue weighted by atomic mass is 16.6. The predicted molar refractivity (Wildman–Crippen MR) is 128 cm³/mol. The number of quaternary nitrogens is 1. The molecular formula is C25H24N5O3+. The van der Waals surface area contributed by atoms with E-state index in [-0.39, 0.29) is 16.9 Å². The van der Waals surface area contributed by atoms with E-state index in [2.05, 4.69) is 17.0 Å². The molecule has 33 heavy (non-hydrogen) atoms. The highest BCUT2D eigenvalue weighted by molar-refractivity contribution is 5.94. The number of nitro benzene ring substituents is 1. The van der Waals surface area contributed by atoms with Crippen LogP contribution >= 0.6 is 0 Å². The van der Waals surface area contributed by atoms with Crippen LogP contribution in [-0.4, -0.2) is 47.9 Å². The highest BCUT2D eigenvalue weighted by Crippen LogP contribution is 2.30. The fourth-order valence-corrected chi connectivity index (χ4v) is 4.34. The number of nitrogens with one attached hydrogen (secondary N) is 1. The van der Waals surface area contributed by atoms with E-state index in [1.54, 1.807) is 24.3 Å². The number of likely N-dealkylation sites (N-methyl/N-ethyl adjacent to an activating group) is 1. The predicted octanol–water partition coefficient (Wildman–Crippen LogP) is 2.30. The lowest BCUT2D eigenvalue weighted by atomic mass is 10.1. The van der Waals surface area contributed by atoms with Crippen molar-refractivity contribution in [2.24, 2.45) is 0 Å². The number of nitro groups is 1. The summed E-state index contributed by atoms with van der Waals surface area (Å²) < 4.78 is 1.19. The summed E-state index contributed by atoms with van der Waals surface area (Å²) in [7, 11) is 2.16. The second-order valence-corrected chi connectivity index (χ2v) is 8.35. The van der Waals surface area contributed by atoms with E-state index in [0.717, 1.165) is 37.4 Å². The average Bonchev–Trinajstić information content (AvgIpc) is 2.85. The first-order valence-electron chi connectivity index (χ1n) is 11.0. The van der Waals surface area contributed by atoms with E-state index >= 15 is 0 Å². The summed E-state index contributed by atoms with van der Waals surface area (Å²) in [5.74, 6) is 0. The van der Waals surface area contributed by atoms with Crippen LogP contribution in [0.25, 0.3) is 27.7 Å². The molecule has 1 fully saturated rings. The van der Waals surface area contributed by atoms with Crippen LogP contribution in [0, 0.1) is 10.1 Å². The van der Waals surface area contributed by atoms with Crippen molar-refractivity contribution in [1.82, 2.24) is 9.78 Å². The maximum absolute atomic E-state index is 13.5. The number of nitrogens with zero attached hydrogens (tertiary/aromatic N) is 4. The molecular weight excluding hydrogens is 418 g/mol. The topological polar surface area (TPSA) is 85.7 Å². The molecule has 0 saturated carbocycles. The standard InChI is InChI=1S/C25H23N5O3/c1-27-13-15-28(16-14-27)19-11-12-22(30(32)33)23(17-19)29-25(31)21-10-6-5-9-20(21)24(26-29)18-7-3-2-4-8-18/h2-12,17H,13-16H2,1H3/p+1. The van der Waals surface area contributed by atoms with Crippen molar-refractivity contribution in [2.45, 2.75) is 0 Å². The zero-order chi connectivity index (χ0) is 22.9. The van der Waals surface area contributed by atoms with E-state index in [0.29, 0.717) is 16.5 Å². The first-order valence-corrected chi connectivity index (χ1v) is 11.0.